The van der Waals surface area contributed by atoms with Gasteiger partial charge in [-0.15, -0.1) is 0 Å². The molecule has 1 amide bonds. The van der Waals surface area contributed by atoms with Crippen LogP contribution in [0.3, 0.4) is 0 Å². The average Bonchev–Trinajstić information content (AvgIpc) is 2.44. The fraction of sp³-hybridized carbons (Fsp3) is 0.562. The van der Waals surface area contributed by atoms with E-state index in [4.69, 9.17) is 5.11 Å². The maximum absolute atomic E-state index is 12.5. The van der Waals surface area contributed by atoms with Gasteiger partial charge >= 0.3 is 0 Å². The van der Waals surface area contributed by atoms with E-state index >= 15 is 0 Å². The number of carbonyl (C=O) groups is 1. The zero-order chi connectivity index (χ0) is 14.5. The fourth-order valence-corrected chi connectivity index (χ4v) is 2.90. The van der Waals surface area contributed by atoms with Crippen molar-refractivity contribution < 1.29 is 9.90 Å². The van der Waals surface area contributed by atoms with E-state index in [1.807, 2.05) is 32.0 Å². The Balaban J connectivity index is 2.10. The Morgan fingerprint density at radius 2 is 2.05 bits per heavy atom. The standard InChI is InChI=1S/C16H24N2O2/c1-12-6-5-7-13(2)15(12)17-16(20)14-8-3-4-9-18(14)10-11-19/h5-7,14,19H,3-4,8-11H2,1-2H3,(H,17,20)/t14-/m0/s1. The lowest BCUT2D eigenvalue weighted by Gasteiger charge is -2.34. The van der Waals surface area contributed by atoms with Crippen molar-refractivity contribution in [2.75, 3.05) is 25.0 Å². The molecule has 4 nitrogen and oxygen atoms in total. The highest BCUT2D eigenvalue weighted by molar-refractivity contribution is 5.96. The van der Waals surface area contributed by atoms with Gasteiger partial charge in [0.05, 0.1) is 12.6 Å². The largest absolute Gasteiger partial charge is 0.395 e. The molecular weight excluding hydrogens is 252 g/mol. The molecule has 2 rings (SSSR count). The zero-order valence-electron chi connectivity index (χ0n) is 12.4. The molecule has 0 aromatic heterocycles. The number of aliphatic hydroxyl groups is 1. The Labute approximate surface area is 120 Å². The van der Waals surface area contributed by atoms with E-state index < -0.39 is 0 Å². The van der Waals surface area contributed by atoms with Gasteiger partial charge in [0.15, 0.2) is 0 Å². The summed E-state index contributed by atoms with van der Waals surface area (Å²) < 4.78 is 0. The molecule has 4 heteroatoms. The zero-order valence-corrected chi connectivity index (χ0v) is 12.4. The minimum absolute atomic E-state index is 0.0514. The molecule has 1 heterocycles. The Hall–Kier alpha value is -1.39. The Kier molecular flexibility index (Phi) is 5.15. The predicted octanol–water partition coefficient (Wildman–Crippen LogP) is 2.09. The summed E-state index contributed by atoms with van der Waals surface area (Å²) in [6.45, 7) is 5.59. The second-order valence-electron chi connectivity index (χ2n) is 5.53. The molecule has 1 aliphatic heterocycles. The number of nitrogens with zero attached hydrogens (tertiary/aromatic N) is 1. The van der Waals surface area contributed by atoms with Gasteiger partial charge in [0.2, 0.25) is 5.91 Å². The van der Waals surface area contributed by atoms with Crippen LogP contribution in [0.2, 0.25) is 0 Å². The lowest BCUT2D eigenvalue weighted by Crippen LogP contribution is -2.48. The van der Waals surface area contributed by atoms with Gasteiger partial charge in [-0.3, -0.25) is 9.69 Å². The highest BCUT2D eigenvalue weighted by Gasteiger charge is 2.28. The molecule has 1 fully saturated rings. The van der Waals surface area contributed by atoms with Gasteiger partial charge in [-0.25, -0.2) is 0 Å². The number of aliphatic hydroxyl groups excluding tert-OH is 1. The van der Waals surface area contributed by atoms with Gasteiger partial charge < -0.3 is 10.4 Å². The number of amides is 1. The van der Waals surface area contributed by atoms with Gasteiger partial charge in [-0.1, -0.05) is 24.6 Å². The van der Waals surface area contributed by atoms with Crippen molar-refractivity contribution in [3.05, 3.63) is 29.3 Å². The van der Waals surface area contributed by atoms with Crippen LogP contribution < -0.4 is 5.32 Å². The molecule has 0 spiro atoms. The quantitative estimate of drug-likeness (QED) is 0.885. The third kappa shape index (κ3) is 3.38. The monoisotopic (exact) mass is 276 g/mol. The van der Waals surface area contributed by atoms with Gasteiger partial charge in [-0.05, 0) is 44.4 Å². The highest BCUT2D eigenvalue weighted by Crippen LogP contribution is 2.22. The number of para-hydroxylation sites is 1. The molecule has 0 unspecified atom stereocenters. The van der Waals surface area contributed by atoms with E-state index in [0.29, 0.717) is 6.54 Å². The van der Waals surface area contributed by atoms with Crippen LogP contribution in [0, 0.1) is 13.8 Å². The van der Waals surface area contributed by atoms with E-state index in [1.165, 1.54) is 0 Å². The van der Waals surface area contributed by atoms with E-state index in [0.717, 1.165) is 42.6 Å². The number of carbonyl (C=O) groups excluding carboxylic acids is 1. The number of hydrogen-bond acceptors (Lipinski definition) is 3. The Bertz CT molecular complexity index is 451. The van der Waals surface area contributed by atoms with Crippen molar-refractivity contribution in [3.8, 4) is 0 Å². The average molecular weight is 276 g/mol. The first kappa shape index (κ1) is 15.0. The van der Waals surface area contributed by atoms with E-state index in [1.54, 1.807) is 0 Å². The number of β-amino-alcohol motifs (C(OH)–C–C–N with tert-alkyl or cyclic N) is 1. The van der Waals surface area contributed by atoms with E-state index in [9.17, 15) is 4.79 Å². The van der Waals surface area contributed by atoms with Crippen LogP contribution in [-0.4, -0.2) is 41.7 Å². The molecule has 1 aromatic carbocycles. The van der Waals surface area contributed by atoms with Crippen molar-refractivity contribution in [1.29, 1.82) is 0 Å². The number of piperidine rings is 1. The van der Waals surface area contributed by atoms with Gasteiger partial charge in [0, 0.05) is 12.2 Å². The van der Waals surface area contributed by atoms with Crippen LogP contribution >= 0.6 is 0 Å². The highest BCUT2D eigenvalue weighted by atomic mass is 16.3. The number of nitrogens with one attached hydrogen (secondary N) is 1. The molecule has 1 aromatic rings. The summed E-state index contributed by atoms with van der Waals surface area (Å²) in [7, 11) is 0. The summed E-state index contributed by atoms with van der Waals surface area (Å²) in [6, 6.07) is 5.90. The summed E-state index contributed by atoms with van der Waals surface area (Å²) in [5, 5.41) is 12.2. The topological polar surface area (TPSA) is 52.6 Å². The number of hydrogen-bond donors (Lipinski definition) is 2. The molecule has 0 aliphatic carbocycles. The summed E-state index contributed by atoms with van der Waals surface area (Å²) in [6.07, 6.45) is 3.05. The van der Waals surface area contributed by atoms with Crippen LogP contribution in [0.1, 0.15) is 30.4 Å². The summed E-state index contributed by atoms with van der Waals surface area (Å²) >= 11 is 0. The van der Waals surface area contributed by atoms with Gasteiger partial charge in [0.1, 0.15) is 0 Å². The molecule has 110 valence electrons. The number of aryl methyl sites for hydroxylation is 2. The molecule has 1 atom stereocenters. The van der Waals surface area contributed by atoms with Crippen molar-refractivity contribution in [2.24, 2.45) is 0 Å². The minimum Gasteiger partial charge on any atom is -0.395 e. The van der Waals surface area contributed by atoms with Crippen LogP contribution in [0.25, 0.3) is 0 Å². The van der Waals surface area contributed by atoms with Crippen molar-refractivity contribution in [2.45, 2.75) is 39.2 Å². The SMILES string of the molecule is Cc1cccc(C)c1NC(=O)[C@@H]1CCCCN1CCO. The molecule has 20 heavy (non-hydrogen) atoms. The smallest absolute Gasteiger partial charge is 0.241 e. The molecule has 1 aliphatic rings. The first-order chi connectivity index (χ1) is 9.63. The van der Waals surface area contributed by atoms with Crippen LogP contribution in [0.15, 0.2) is 18.2 Å². The molecule has 2 N–H and O–H groups in total. The summed E-state index contributed by atoms with van der Waals surface area (Å²) in [5.41, 5.74) is 3.10. The van der Waals surface area contributed by atoms with Gasteiger partial charge in [0.25, 0.3) is 0 Å². The number of benzene rings is 1. The molecule has 0 saturated carbocycles. The van der Waals surface area contributed by atoms with Crippen LogP contribution in [0.5, 0.6) is 0 Å². The third-order valence-electron chi connectivity index (χ3n) is 4.03. The lowest BCUT2D eigenvalue weighted by molar-refractivity contribution is -0.122. The van der Waals surface area contributed by atoms with Crippen molar-refractivity contribution >= 4 is 11.6 Å². The molecule has 1 saturated heterocycles. The van der Waals surface area contributed by atoms with Crippen LogP contribution in [0.4, 0.5) is 5.69 Å². The lowest BCUT2D eigenvalue weighted by atomic mass is 10.0. The van der Waals surface area contributed by atoms with Crippen molar-refractivity contribution in [3.63, 3.8) is 0 Å². The molecule has 0 radical (unpaired) electrons. The van der Waals surface area contributed by atoms with E-state index in [-0.39, 0.29) is 18.6 Å². The number of rotatable bonds is 4. The normalized spacial score (nSPS) is 19.9. The third-order valence-corrected chi connectivity index (χ3v) is 4.03. The second-order valence-corrected chi connectivity index (χ2v) is 5.53. The Morgan fingerprint density at radius 1 is 1.35 bits per heavy atom. The Morgan fingerprint density at radius 3 is 2.70 bits per heavy atom. The number of likely N-dealkylation sites (tertiary alicyclic amines) is 1. The summed E-state index contributed by atoms with van der Waals surface area (Å²) in [5.74, 6) is 0.0514. The molecule has 0 bridgehead atoms. The maximum Gasteiger partial charge on any atom is 0.241 e. The van der Waals surface area contributed by atoms with Crippen LogP contribution in [-0.2, 0) is 4.79 Å². The molecular formula is C16H24N2O2. The second kappa shape index (κ2) is 6.86. The van der Waals surface area contributed by atoms with Gasteiger partial charge in [-0.2, -0.15) is 0 Å². The first-order valence-electron chi connectivity index (χ1n) is 7.35. The fourth-order valence-electron chi connectivity index (χ4n) is 2.90. The predicted molar refractivity (Wildman–Crippen MR) is 80.8 cm³/mol. The first-order valence-corrected chi connectivity index (χ1v) is 7.35. The maximum atomic E-state index is 12.5. The van der Waals surface area contributed by atoms with Crippen molar-refractivity contribution in [1.82, 2.24) is 4.90 Å². The number of anilines is 1. The summed E-state index contributed by atoms with van der Waals surface area (Å²) in [4.78, 5) is 14.6. The minimum atomic E-state index is -0.116. The van der Waals surface area contributed by atoms with E-state index in [2.05, 4.69) is 10.2 Å².